The summed E-state index contributed by atoms with van der Waals surface area (Å²) >= 11 is 5.98. The van der Waals surface area contributed by atoms with Crippen LogP contribution in [0.5, 0.6) is 0 Å². The van der Waals surface area contributed by atoms with Crippen molar-refractivity contribution in [2.75, 3.05) is 43.7 Å². The van der Waals surface area contributed by atoms with Crippen molar-refractivity contribution in [2.45, 2.75) is 19.0 Å². The Balaban J connectivity index is 1.38. The van der Waals surface area contributed by atoms with Gasteiger partial charge in [0.2, 0.25) is 5.89 Å². The van der Waals surface area contributed by atoms with Gasteiger partial charge in [0.05, 0.1) is 36.5 Å². The molecule has 37 heavy (non-hydrogen) atoms. The molecule has 3 aromatic rings. The Morgan fingerprint density at radius 2 is 1.76 bits per heavy atom. The number of hydrogen-bond donors (Lipinski definition) is 0. The molecular weight excluding hydrogens is 535 g/mol. The first kappa shape index (κ1) is 25.9. The van der Waals surface area contributed by atoms with Crippen molar-refractivity contribution in [3.05, 3.63) is 64.8 Å². The fourth-order valence-electron chi connectivity index (χ4n) is 4.18. The molecule has 2 saturated heterocycles. The van der Waals surface area contributed by atoms with E-state index in [1.54, 1.807) is 24.3 Å². The highest BCUT2D eigenvalue weighted by Gasteiger charge is 2.36. The molecule has 14 heteroatoms. The number of piperazine rings is 1. The van der Waals surface area contributed by atoms with Crippen LogP contribution in [0.2, 0.25) is 5.02 Å². The van der Waals surface area contributed by atoms with E-state index in [0.717, 1.165) is 6.07 Å². The second kappa shape index (κ2) is 10.6. The molecule has 0 amide bonds. The first-order valence-corrected chi connectivity index (χ1v) is 13.3. The number of rotatable bonds is 8. The van der Waals surface area contributed by atoms with Gasteiger partial charge in [-0.05, 0) is 35.9 Å². The standard InChI is InChI=1S/C23H23ClF3N5O4S/c24-19-11-17(5-6-20(19)25)32(37(33,34)31-9-7-30(8-10-31)18-13-35-14-18)12-15-1-3-16(4-2-15)22-28-29-23(36-22)21(26)27/h1-6,11,18,21H,7-10,12-14H2. The molecule has 9 nitrogen and oxygen atoms in total. The monoisotopic (exact) mass is 557 g/mol. The van der Waals surface area contributed by atoms with Crippen LogP contribution in [-0.2, 0) is 21.5 Å². The van der Waals surface area contributed by atoms with E-state index < -0.39 is 28.3 Å². The van der Waals surface area contributed by atoms with E-state index >= 15 is 0 Å². The predicted molar refractivity (Wildman–Crippen MR) is 129 cm³/mol. The summed E-state index contributed by atoms with van der Waals surface area (Å²) in [6, 6.07) is 10.5. The molecule has 0 bridgehead atoms. The molecule has 2 fully saturated rings. The summed E-state index contributed by atoms with van der Waals surface area (Å²) in [5.41, 5.74) is 1.20. The van der Waals surface area contributed by atoms with Crippen molar-refractivity contribution < 1.29 is 30.7 Å². The van der Waals surface area contributed by atoms with E-state index in [-0.39, 0.29) is 23.1 Å². The van der Waals surface area contributed by atoms with E-state index in [2.05, 4.69) is 15.1 Å². The second-order valence-electron chi connectivity index (χ2n) is 8.68. The summed E-state index contributed by atoms with van der Waals surface area (Å²) in [7, 11) is -4.01. The summed E-state index contributed by atoms with van der Waals surface area (Å²) < 4.78 is 79.7. The van der Waals surface area contributed by atoms with E-state index in [9.17, 15) is 21.6 Å². The van der Waals surface area contributed by atoms with Gasteiger partial charge in [-0.25, -0.2) is 4.39 Å². The average Bonchev–Trinajstić information content (AvgIpc) is 3.35. The van der Waals surface area contributed by atoms with Gasteiger partial charge < -0.3 is 9.15 Å². The lowest BCUT2D eigenvalue weighted by Gasteiger charge is -2.43. The minimum absolute atomic E-state index is 0.0760. The molecule has 1 aromatic heterocycles. The van der Waals surface area contributed by atoms with Crippen molar-refractivity contribution in [3.8, 4) is 11.5 Å². The van der Waals surface area contributed by atoms with Gasteiger partial charge in [0.1, 0.15) is 5.82 Å². The number of benzene rings is 2. The maximum Gasteiger partial charge on any atom is 0.314 e. The number of alkyl halides is 2. The van der Waals surface area contributed by atoms with Crippen molar-refractivity contribution in [3.63, 3.8) is 0 Å². The normalized spacial score (nSPS) is 17.8. The Morgan fingerprint density at radius 3 is 2.32 bits per heavy atom. The first-order valence-electron chi connectivity index (χ1n) is 11.5. The van der Waals surface area contributed by atoms with Crippen LogP contribution >= 0.6 is 11.6 Å². The minimum atomic E-state index is -4.01. The van der Waals surface area contributed by atoms with E-state index in [1.807, 2.05) is 0 Å². The Morgan fingerprint density at radius 1 is 1.05 bits per heavy atom. The molecule has 2 aromatic carbocycles. The SMILES string of the molecule is O=S(=O)(N1CCN(C2COC2)CC1)N(Cc1ccc(-c2nnc(C(F)F)o2)cc1)c1ccc(F)c(Cl)c1. The number of aromatic nitrogens is 2. The molecule has 0 unspecified atom stereocenters. The van der Waals surface area contributed by atoms with Crippen LogP contribution in [0.1, 0.15) is 17.9 Å². The van der Waals surface area contributed by atoms with Crippen LogP contribution in [0, 0.1) is 5.82 Å². The number of nitrogens with zero attached hydrogens (tertiary/aromatic N) is 5. The van der Waals surface area contributed by atoms with E-state index in [0.29, 0.717) is 56.6 Å². The third-order valence-corrected chi connectivity index (χ3v) is 8.56. The Hall–Kier alpha value is -2.71. The van der Waals surface area contributed by atoms with Crippen LogP contribution in [-0.4, -0.2) is 73.3 Å². The van der Waals surface area contributed by atoms with Crippen LogP contribution < -0.4 is 4.31 Å². The third kappa shape index (κ3) is 5.46. The highest BCUT2D eigenvalue weighted by atomic mass is 35.5. The lowest BCUT2D eigenvalue weighted by molar-refractivity contribution is -0.0721. The Labute approximate surface area is 216 Å². The van der Waals surface area contributed by atoms with Crippen LogP contribution in [0.3, 0.4) is 0 Å². The Bertz CT molecular complexity index is 1350. The van der Waals surface area contributed by atoms with Crippen molar-refractivity contribution in [1.29, 1.82) is 0 Å². The molecule has 0 aliphatic carbocycles. The fourth-order valence-corrected chi connectivity index (χ4v) is 5.95. The Kier molecular flexibility index (Phi) is 7.41. The van der Waals surface area contributed by atoms with Gasteiger partial charge in [-0.1, -0.05) is 23.7 Å². The molecule has 0 radical (unpaired) electrons. The molecule has 0 saturated carbocycles. The molecular formula is C23H23ClF3N5O4S. The van der Waals surface area contributed by atoms with Gasteiger partial charge in [-0.3, -0.25) is 9.21 Å². The molecule has 2 aliphatic heterocycles. The largest absolute Gasteiger partial charge is 0.415 e. The summed E-state index contributed by atoms with van der Waals surface area (Å²) in [6.07, 6.45) is -2.88. The van der Waals surface area contributed by atoms with E-state index in [1.165, 1.54) is 20.7 Å². The lowest BCUT2D eigenvalue weighted by Crippen LogP contribution is -2.59. The molecule has 198 valence electrons. The van der Waals surface area contributed by atoms with Crippen molar-refractivity contribution in [1.82, 2.24) is 19.4 Å². The minimum Gasteiger partial charge on any atom is -0.415 e. The van der Waals surface area contributed by atoms with Crippen molar-refractivity contribution in [2.24, 2.45) is 0 Å². The van der Waals surface area contributed by atoms with Crippen molar-refractivity contribution >= 4 is 27.5 Å². The van der Waals surface area contributed by atoms with Crippen LogP contribution in [0.15, 0.2) is 46.9 Å². The van der Waals surface area contributed by atoms with E-state index in [4.69, 9.17) is 20.8 Å². The second-order valence-corrected chi connectivity index (χ2v) is 10.9. The number of hydrogen-bond acceptors (Lipinski definition) is 7. The number of anilines is 1. The maximum absolute atomic E-state index is 13.9. The van der Waals surface area contributed by atoms with Gasteiger partial charge in [0.25, 0.3) is 5.89 Å². The average molecular weight is 558 g/mol. The molecule has 2 aliphatic rings. The van der Waals surface area contributed by atoms with Gasteiger partial charge in [-0.2, -0.15) is 21.5 Å². The van der Waals surface area contributed by atoms with Gasteiger partial charge in [0, 0.05) is 31.7 Å². The fraction of sp³-hybridized carbons (Fsp3) is 0.391. The smallest absolute Gasteiger partial charge is 0.314 e. The number of halogens is 4. The zero-order valence-electron chi connectivity index (χ0n) is 19.4. The quantitative estimate of drug-likeness (QED) is 0.417. The lowest BCUT2D eigenvalue weighted by atomic mass is 10.1. The summed E-state index contributed by atoms with van der Waals surface area (Å²) in [5, 5.41) is 6.74. The molecule has 0 atom stereocenters. The highest BCUT2D eigenvalue weighted by Crippen LogP contribution is 2.30. The predicted octanol–water partition coefficient (Wildman–Crippen LogP) is 3.73. The van der Waals surface area contributed by atoms with Gasteiger partial charge in [0.15, 0.2) is 0 Å². The highest BCUT2D eigenvalue weighted by molar-refractivity contribution is 7.90. The molecule has 0 N–H and O–H groups in total. The number of ether oxygens (including phenoxy) is 1. The molecule has 0 spiro atoms. The summed E-state index contributed by atoms with van der Waals surface area (Å²) in [6.45, 7) is 2.97. The maximum atomic E-state index is 13.9. The molecule has 5 rings (SSSR count). The summed E-state index contributed by atoms with van der Waals surface area (Å²) in [5.74, 6) is -1.52. The zero-order chi connectivity index (χ0) is 26.2. The topological polar surface area (TPSA) is 92.0 Å². The zero-order valence-corrected chi connectivity index (χ0v) is 21.0. The molecule has 3 heterocycles. The van der Waals surface area contributed by atoms with Gasteiger partial charge in [-0.15, -0.1) is 10.2 Å². The third-order valence-electron chi connectivity index (χ3n) is 6.36. The van der Waals surface area contributed by atoms with Gasteiger partial charge >= 0.3 is 16.6 Å². The summed E-state index contributed by atoms with van der Waals surface area (Å²) in [4.78, 5) is 2.21. The first-order chi connectivity index (χ1) is 17.7. The van der Waals surface area contributed by atoms with Crippen LogP contribution in [0.25, 0.3) is 11.5 Å². The van der Waals surface area contributed by atoms with Crippen LogP contribution in [0.4, 0.5) is 18.9 Å².